The van der Waals surface area contributed by atoms with Gasteiger partial charge in [-0.3, -0.25) is 9.59 Å². The Morgan fingerprint density at radius 1 is 1.26 bits per heavy atom. The van der Waals surface area contributed by atoms with Crippen LogP contribution in [0.3, 0.4) is 0 Å². The van der Waals surface area contributed by atoms with Crippen LogP contribution in [0.1, 0.15) is 29.6 Å². The minimum atomic E-state index is -0.468. The number of nitrogens with two attached hydrogens (primary N) is 1. The predicted molar refractivity (Wildman–Crippen MR) is 84.1 cm³/mol. The first-order valence-electron chi connectivity index (χ1n) is 8.05. The van der Waals surface area contributed by atoms with E-state index in [4.69, 9.17) is 15.2 Å². The molecular formula is C17H22N2O4. The van der Waals surface area contributed by atoms with Crippen molar-refractivity contribution in [3.8, 4) is 5.75 Å². The lowest BCUT2D eigenvalue weighted by Crippen LogP contribution is -2.46. The van der Waals surface area contributed by atoms with Crippen LogP contribution in [0.15, 0.2) is 24.3 Å². The topological polar surface area (TPSA) is 81.9 Å². The number of amides is 2. The number of carbonyl (C=O) groups excluding carboxylic acids is 2. The maximum Gasteiger partial charge on any atom is 0.248 e. The summed E-state index contributed by atoms with van der Waals surface area (Å²) < 4.78 is 11.3. The van der Waals surface area contributed by atoms with Crippen LogP contribution in [0.2, 0.25) is 0 Å². The molecule has 1 aromatic carbocycles. The molecule has 1 aliphatic carbocycles. The van der Waals surface area contributed by atoms with Crippen LogP contribution in [-0.2, 0) is 9.53 Å². The minimum absolute atomic E-state index is 0.104. The van der Waals surface area contributed by atoms with Crippen molar-refractivity contribution in [2.24, 2.45) is 11.7 Å². The molecule has 2 N–H and O–H groups in total. The zero-order valence-electron chi connectivity index (χ0n) is 13.1. The van der Waals surface area contributed by atoms with Gasteiger partial charge in [-0.2, -0.15) is 0 Å². The molecule has 6 nitrogen and oxygen atoms in total. The molecule has 1 saturated carbocycles. The Hall–Kier alpha value is -2.08. The van der Waals surface area contributed by atoms with Crippen molar-refractivity contribution in [1.82, 2.24) is 4.90 Å². The van der Waals surface area contributed by atoms with E-state index in [1.807, 2.05) is 4.90 Å². The van der Waals surface area contributed by atoms with Crippen molar-refractivity contribution >= 4 is 11.8 Å². The molecule has 2 amide bonds. The molecule has 0 bridgehead atoms. The van der Waals surface area contributed by atoms with Crippen molar-refractivity contribution < 1.29 is 19.1 Å². The van der Waals surface area contributed by atoms with Gasteiger partial charge in [0, 0.05) is 18.7 Å². The van der Waals surface area contributed by atoms with E-state index in [1.54, 1.807) is 24.3 Å². The molecule has 1 heterocycles. The van der Waals surface area contributed by atoms with Gasteiger partial charge in [-0.15, -0.1) is 0 Å². The standard InChI is InChI=1S/C17H22N2O4/c18-17(21)13-3-5-14(6-4-13)22-9-7-16(20)19-8-10-23-15(11-19)12-1-2-12/h3-6,12,15H,1-2,7-11H2,(H2,18,21). The summed E-state index contributed by atoms with van der Waals surface area (Å²) in [6.07, 6.45) is 3.00. The van der Waals surface area contributed by atoms with E-state index in [9.17, 15) is 9.59 Å². The van der Waals surface area contributed by atoms with Crippen LogP contribution in [0.4, 0.5) is 0 Å². The summed E-state index contributed by atoms with van der Waals surface area (Å²) in [5.74, 6) is 0.906. The Morgan fingerprint density at radius 3 is 2.65 bits per heavy atom. The molecule has 23 heavy (non-hydrogen) atoms. The summed E-state index contributed by atoms with van der Waals surface area (Å²) in [7, 11) is 0. The van der Waals surface area contributed by atoms with Crippen molar-refractivity contribution in [1.29, 1.82) is 0 Å². The van der Waals surface area contributed by atoms with Gasteiger partial charge in [0.1, 0.15) is 5.75 Å². The highest BCUT2D eigenvalue weighted by atomic mass is 16.5. The highest BCUT2D eigenvalue weighted by Gasteiger charge is 2.36. The van der Waals surface area contributed by atoms with Crippen molar-refractivity contribution in [3.63, 3.8) is 0 Å². The van der Waals surface area contributed by atoms with E-state index in [2.05, 4.69) is 0 Å². The van der Waals surface area contributed by atoms with Crippen molar-refractivity contribution in [2.45, 2.75) is 25.4 Å². The quantitative estimate of drug-likeness (QED) is 0.854. The number of hydrogen-bond donors (Lipinski definition) is 1. The van der Waals surface area contributed by atoms with Gasteiger partial charge in [0.2, 0.25) is 11.8 Å². The second-order valence-corrected chi connectivity index (χ2v) is 6.07. The monoisotopic (exact) mass is 318 g/mol. The molecular weight excluding hydrogens is 296 g/mol. The molecule has 6 heteroatoms. The van der Waals surface area contributed by atoms with Crippen LogP contribution in [0.25, 0.3) is 0 Å². The lowest BCUT2D eigenvalue weighted by atomic mass is 10.2. The fourth-order valence-corrected chi connectivity index (χ4v) is 2.78. The normalized spacial score (nSPS) is 21.0. The van der Waals surface area contributed by atoms with Gasteiger partial charge in [0.25, 0.3) is 0 Å². The van der Waals surface area contributed by atoms with Gasteiger partial charge in [-0.1, -0.05) is 0 Å². The Morgan fingerprint density at radius 2 is 2.00 bits per heavy atom. The molecule has 3 rings (SSSR count). The Labute approximate surface area is 135 Å². The number of ether oxygens (including phenoxy) is 2. The van der Waals surface area contributed by atoms with E-state index in [0.29, 0.717) is 50.0 Å². The van der Waals surface area contributed by atoms with Crippen molar-refractivity contribution in [2.75, 3.05) is 26.3 Å². The van der Waals surface area contributed by atoms with Gasteiger partial charge >= 0.3 is 0 Å². The maximum atomic E-state index is 12.2. The molecule has 1 saturated heterocycles. The van der Waals surface area contributed by atoms with Gasteiger partial charge in [-0.05, 0) is 43.0 Å². The first kappa shape index (κ1) is 15.8. The maximum absolute atomic E-state index is 12.2. The number of carbonyl (C=O) groups is 2. The smallest absolute Gasteiger partial charge is 0.248 e. The zero-order valence-corrected chi connectivity index (χ0v) is 13.1. The van der Waals surface area contributed by atoms with E-state index < -0.39 is 5.91 Å². The summed E-state index contributed by atoms with van der Waals surface area (Å²) in [6.45, 7) is 2.31. The Kier molecular flexibility index (Phi) is 4.81. The largest absolute Gasteiger partial charge is 0.493 e. The molecule has 1 atom stereocenters. The Balaban J connectivity index is 1.42. The Bertz CT molecular complexity index is 568. The number of nitrogens with zero attached hydrogens (tertiary/aromatic N) is 1. The summed E-state index contributed by atoms with van der Waals surface area (Å²) in [5, 5.41) is 0. The average Bonchev–Trinajstić information content (AvgIpc) is 3.40. The molecule has 0 spiro atoms. The van der Waals surface area contributed by atoms with E-state index in [1.165, 1.54) is 12.8 Å². The lowest BCUT2D eigenvalue weighted by Gasteiger charge is -2.33. The second kappa shape index (κ2) is 7.00. The molecule has 0 aromatic heterocycles. The third-order valence-corrected chi connectivity index (χ3v) is 4.32. The van der Waals surface area contributed by atoms with Gasteiger partial charge in [-0.25, -0.2) is 0 Å². The van der Waals surface area contributed by atoms with E-state index >= 15 is 0 Å². The summed E-state index contributed by atoms with van der Waals surface area (Å²) in [4.78, 5) is 25.1. The van der Waals surface area contributed by atoms with Gasteiger partial charge in [0.05, 0.1) is 25.7 Å². The summed E-state index contributed by atoms with van der Waals surface area (Å²) >= 11 is 0. The summed E-state index contributed by atoms with van der Waals surface area (Å²) in [5.41, 5.74) is 5.62. The van der Waals surface area contributed by atoms with Crippen molar-refractivity contribution in [3.05, 3.63) is 29.8 Å². The summed E-state index contributed by atoms with van der Waals surface area (Å²) in [6, 6.07) is 6.59. The number of morpholine rings is 1. The number of primary amides is 1. The lowest BCUT2D eigenvalue weighted by molar-refractivity contribution is -0.140. The fourth-order valence-electron chi connectivity index (χ4n) is 2.78. The molecule has 0 radical (unpaired) electrons. The number of rotatable bonds is 6. The average molecular weight is 318 g/mol. The van der Waals surface area contributed by atoms with Crippen LogP contribution >= 0.6 is 0 Å². The molecule has 1 aromatic rings. The second-order valence-electron chi connectivity index (χ2n) is 6.07. The van der Waals surface area contributed by atoms with Crippen LogP contribution in [0, 0.1) is 5.92 Å². The van der Waals surface area contributed by atoms with Crippen LogP contribution < -0.4 is 10.5 Å². The molecule has 1 unspecified atom stereocenters. The number of hydrogen-bond acceptors (Lipinski definition) is 4. The first-order chi connectivity index (χ1) is 11.1. The van der Waals surface area contributed by atoms with E-state index in [-0.39, 0.29) is 12.0 Å². The SMILES string of the molecule is NC(=O)c1ccc(OCCC(=O)N2CCOC(C3CC3)C2)cc1. The van der Waals surface area contributed by atoms with Crippen LogP contribution in [-0.4, -0.2) is 49.1 Å². The van der Waals surface area contributed by atoms with Crippen LogP contribution in [0.5, 0.6) is 5.75 Å². The molecule has 124 valence electrons. The van der Waals surface area contributed by atoms with E-state index in [0.717, 1.165) is 0 Å². The minimum Gasteiger partial charge on any atom is -0.493 e. The predicted octanol–water partition coefficient (Wildman–Crippen LogP) is 1.19. The molecule has 1 aliphatic heterocycles. The third kappa shape index (κ3) is 4.22. The number of benzene rings is 1. The third-order valence-electron chi connectivity index (χ3n) is 4.32. The molecule has 2 fully saturated rings. The zero-order chi connectivity index (χ0) is 16.2. The van der Waals surface area contributed by atoms with Gasteiger partial charge in [0.15, 0.2) is 0 Å². The highest BCUT2D eigenvalue weighted by molar-refractivity contribution is 5.92. The van der Waals surface area contributed by atoms with Gasteiger partial charge < -0.3 is 20.1 Å². The molecule has 2 aliphatic rings. The first-order valence-corrected chi connectivity index (χ1v) is 8.05. The highest BCUT2D eigenvalue weighted by Crippen LogP contribution is 2.35. The fraction of sp³-hybridized carbons (Fsp3) is 0.529.